The van der Waals surface area contributed by atoms with E-state index in [4.69, 9.17) is 4.74 Å². The highest BCUT2D eigenvalue weighted by atomic mass is 16.5. The fourth-order valence-electron chi connectivity index (χ4n) is 6.59. The largest absolute Gasteiger partial charge is 0.357 e. The molecule has 1 saturated heterocycles. The van der Waals surface area contributed by atoms with Crippen LogP contribution in [0.4, 0.5) is 0 Å². The minimum atomic E-state index is -0.0852. The van der Waals surface area contributed by atoms with Gasteiger partial charge in [0.1, 0.15) is 12.2 Å². The maximum Gasteiger partial charge on any atom is 0.103 e. The lowest BCUT2D eigenvalue weighted by Crippen LogP contribution is -2.50. The zero-order chi connectivity index (χ0) is 22.1. The van der Waals surface area contributed by atoms with Crippen LogP contribution >= 0.6 is 0 Å². The highest BCUT2D eigenvalue weighted by Gasteiger charge is 2.62. The molecule has 1 fully saturated rings. The zero-order valence-electron chi connectivity index (χ0n) is 20.2. The summed E-state index contributed by atoms with van der Waals surface area (Å²) in [7, 11) is 0. The Bertz CT molecular complexity index is 1100. The van der Waals surface area contributed by atoms with Gasteiger partial charge in [-0.2, -0.15) is 0 Å². The first-order valence-electron chi connectivity index (χ1n) is 11.8. The minimum absolute atomic E-state index is 0.0852. The van der Waals surface area contributed by atoms with Gasteiger partial charge in [0, 0.05) is 10.8 Å². The summed E-state index contributed by atoms with van der Waals surface area (Å²) in [6.07, 6.45) is 19.5. The summed E-state index contributed by atoms with van der Waals surface area (Å²) in [5, 5.41) is 0. The molecule has 0 saturated carbocycles. The first-order valence-corrected chi connectivity index (χ1v) is 11.8. The number of ether oxygens (including phenoxy) is 1. The number of rotatable bonds is 0. The summed E-state index contributed by atoms with van der Waals surface area (Å²) < 4.78 is 6.50. The van der Waals surface area contributed by atoms with E-state index in [0.717, 1.165) is 0 Å². The molecule has 1 heteroatoms. The fraction of sp³-hybridized carbons (Fsp3) is 0.467. The van der Waals surface area contributed by atoms with E-state index in [1.165, 1.54) is 44.6 Å². The molecular formula is C30H34O. The molecule has 0 amide bonds. The van der Waals surface area contributed by atoms with Crippen molar-refractivity contribution in [3.05, 3.63) is 93.2 Å². The van der Waals surface area contributed by atoms with Crippen LogP contribution in [0.5, 0.6) is 0 Å². The lowest BCUT2D eigenvalue weighted by atomic mass is 9.43. The molecule has 6 aliphatic rings. The van der Waals surface area contributed by atoms with Gasteiger partial charge in [0.2, 0.25) is 0 Å². The number of hydrogen-bond acceptors (Lipinski definition) is 1. The average Bonchev–Trinajstić information content (AvgIpc) is 3.26. The lowest BCUT2D eigenvalue weighted by Gasteiger charge is -2.59. The van der Waals surface area contributed by atoms with Gasteiger partial charge in [-0.25, -0.2) is 0 Å². The molecular weight excluding hydrogens is 376 g/mol. The predicted molar refractivity (Wildman–Crippen MR) is 128 cm³/mol. The molecule has 2 unspecified atom stereocenters. The molecule has 0 N–H and O–H groups in total. The van der Waals surface area contributed by atoms with Crippen LogP contribution in [0.15, 0.2) is 93.2 Å². The van der Waals surface area contributed by atoms with Crippen molar-refractivity contribution in [1.29, 1.82) is 0 Å². The van der Waals surface area contributed by atoms with Crippen LogP contribution in [0.1, 0.15) is 55.4 Å². The Morgan fingerprint density at radius 2 is 1.03 bits per heavy atom. The van der Waals surface area contributed by atoms with Crippen molar-refractivity contribution in [2.24, 2.45) is 21.7 Å². The van der Waals surface area contributed by atoms with Crippen molar-refractivity contribution in [2.45, 2.75) is 67.6 Å². The molecule has 0 spiro atoms. The SMILES string of the molecule is CC(C)(C)C1=CC2=C3C(=C4C=C(C(C)(C)C)C=C5C=CC(=C1)[C@]2(C)[C@]54C)C1C=CC3O1. The number of allylic oxidation sites excluding steroid dienone is 12. The highest BCUT2D eigenvalue weighted by molar-refractivity contribution is 5.75. The number of hydrogen-bond donors (Lipinski definition) is 0. The second-order valence-electron chi connectivity index (χ2n) is 12.5. The molecule has 4 aliphatic carbocycles. The van der Waals surface area contributed by atoms with Crippen LogP contribution in [0.25, 0.3) is 0 Å². The summed E-state index contributed by atoms with van der Waals surface area (Å²) >= 11 is 0. The average molecular weight is 411 g/mol. The Hall–Kier alpha value is -2.12. The Kier molecular flexibility index (Phi) is 3.43. The van der Waals surface area contributed by atoms with Crippen LogP contribution in [-0.4, -0.2) is 12.2 Å². The van der Waals surface area contributed by atoms with Gasteiger partial charge in [-0.15, -0.1) is 0 Å². The smallest absolute Gasteiger partial charge is 0.103 e. The van der Waals surface area contributed by atoms with Gasteiger partial charge in [-0.1, -0.05) is 104 Å². The zero-order valence-corrected chi connectivity index (χ0v) is 20.2. The van der Waals surface area contributed by atoms with E-state index in [9.17, 15) is 0 Å². The van der Waals surface area contributed by atoms with Crippen molar-refractivity contribution >= 4 is 0 Å². The Labute approximate surface area is 187 Å². The second kappa shape index (κ2) is 5.44. The molecule has 4 atom stereocenters. The minimum Gasteiger partial charge on any atom is -0.357 e. The monoisotopic (exact) mass is 410 g/mol. The third kappa shape index (κ3) is 2.16. The Morgan fingerprint density at radius 1 is 0.645 bits per heavy atom. The first-order chi connectivity index (χ1) is 14.4. The summed E-state index contributed by atoms with van der Waals surface area (Å²) in [6.45, 7) is 18.9. The molecule has 2 heterocycles. The van der Waals surface area contributed by atoms with Gasteiger partial charge in [0.05, 0.1) is 0 Å². The second-order valence-corrected chi connectivity index (χ2v) is 12.5. The van der Waals surface area contributed by atoms with Crippen molar-refractivity contribution in [2.75, 3.05) is 0 Å². The standard InChI is InChI=1S/C30H34O/c1-27(2,3)19-13-17-9-10-18-14-20(28(4,5)6)16-22-26-24-12-11-23(31-24)25(26)21(15-19)29(17,7)30(18,22)8/h9-16,23-24H,1-8H3/t23?,24?,29-,30+. The van der Waals surface area contributed by atoms with Crippen molar-refractivity contribution in [3.8, 4) is 0 Å². The van der Waals surface area contributed by atoms with Gasteiger partial charge in [-0.05, 0) is 55.4 Å². The molecule has 0 aromatic rings. The molecule has 0 aromatic carbocycles. The van der Waals surface area contributed by atoms with E-state index < -0.39 is 0 Å². The third-order valence-electron chi connectivity index (χ3n) is 8.82. The predicted octanol–water partition coefficient (Wildman–Crippen LogP) is 7.34. The van der Waals surface area contributed by atoms with Crippen molar-refractivity contribution < 1.29 is 4.74 Å². The molecule has 0 radical (unpaired) electrons. The van der Waals surface area contributed by atoms with E-state index in [2.05, 4.69) is 104 Å². The molecule has 0 aromatic heterocycles. The molecule has 1 nitrogen and oxygen atoms in total. The van der Waals surface area contributed by atoms with Crippen LogP contribution in [0.2, 0.25) is 0 Å². The normalized spacial score (nSPS) is 37.4. The van der Waals surface area contributed by atoms with Crippen LogP contribution in [0, 0.1) is 21.7 Å². The first kappa shape index (κ1) is 19.6. The third-order valence-corrected chi connectivity index (χ3v) is 8.82. The van der Waals surface area contributed by atoms with E-state index in [0.29, 0.717) is 0 Å². The van der Waals surface area contributed by atoms with E-state index >= 15 is 0 Å². The Balaban J connectivity index is 1.77. The summed E-state index contributed by atoms with van der Waals surface area (Å²) in [4.78, 5) is 0. The van der Waals surface area contributed by atoms with Gasteiger partial charge < -0.3 is 4.74 Å². The topological polar surface area (TPSA) is 9.23 Å². The Morgan fingerprint density at radius 3 is 1.39 bits per heavy atom. The summed E-state index contributed by atoms with van der Waals surface area (Å²) in [5.74, 6) is 0. The lowest BCUT2D eigenvalue weighted by molar-refractivity contribution is 0.138. The maximum atomic E-state index is 6.50. The molecule has 2 aliphatic heterocycles. The van der Waals surface area contributed by atoms with E-state index in [-0.39, 0.29) is 33.9 Å². The van der Waals surface area contributed by atoms with Crippen LogP contribution < -0.4 is 0 Å². The van der Waals surface area contributed by atoms with Crippen molar-refractivity contribution in [1.82, 2.24) is 0 Å². The van der Waals surface area contributed by atoms with Gasteiger partial charge in [-0.3, -0.25) is 0 Å². The molecule has 160 valence electrons. The van der Waals surface area contributed by atoms with Crippen LogP contribution in [0.3, 0.4) is 0 Å². The quantitative estimate of drug-likeness (QED) is 0.380. The van der Waals surface area contributed by atoms with Crippen LogP contribution in [-0.2, 0) is 4.74 Å². The van der Waals surface area contributed by atoms with Gasteiger partial charge >= 0.3 is 0 Å². The molecule has 2 bridgehead atoms. The van der Waals surface area contributed by atoms with Gasteiger partial charge in [0.25, 0.3) is 0 Å². The molecule has 6 rings (SSSR count). The van der Waals surface area contributed by atoms with Crippen molar-refractivity contribution in [3.63, 3.8) is 0 Å². The number of fused-ring (bicyclic) bond motifs is 5. The van der Waals surface area contributed by atoms with E-state index in [1.807, 2.05) is 0 Å². The fourth-order valence-corrected chi connectivity index (χ4v) is 6.59. The summed E-state index contributed by atoms with van der Waals surface area (Å²) in [5.41, 5.74) is 11.6. The van der Waals surface area contributed by atoms with Gasteiger partial charge in [0.15, 0.2) is 0 Å². The maximum absolute atomic E-state index is 6.50. The highest BCUT2D eigenvalue weighted by Crippen LogP contribution is 2.70. The van der Waals surface area contributed by atoms with E-state index in [1.54, 1.807) is 0 Å². The summed E-state index contributed by atoms with van der Waals surface area (Å²) in [6, 6.07) is 0. The molecule has 31 heavy (non-hydrogen) atoms.